The zero-order chi connectivity index (χ0) is 23.3. The van der Waals surface area contributed by atoms with Gasteiger partial charge in [-0.25, -0.2) is 9.20 Å². The number of ether oxygens (including phenoxy) is 1. The smallest absolute Gasteiger partial charge is 0.276 e. The second-order valence-corrected chi connectivity index (χ2v) is 8.21. The summed E-state index contributed by atoms with van der Waals surface area (Å²) < 4.78 is 10.8. The minimum atomic E-state index is -0.127. The first-order valence-electron chi connectivity index (χ1n) is 11.4. The van der Waals surface area contributed by atoms with Crippen LogP contribution in [0, 0.1) is 0 Å². The zero-order valence-electron chi connectivity index (χ0n) is 19.0. The molecule has 0 amide bonds. The van der Waals surface area contributed by atoms with E-state index in [1.165, 1.54) is 0 Å². The SMILES string of the molecule is CCCCOc1ccc(-c2cc3c(=O)n(Cc4cn(Cc5ccccc5)nn4)ccn3n2)cc1. The maximum atomic E-state index is 13.1. The molecule has 0 unspecified atom stereocenters. The molecule has 0 aliphatic heterocycles. The van der Waals surface area contributed by atoms with E-state index in [2.05, 4.69) is 22.3 Å². The highest BCUT2D eigenvalue weighted by Gasteiger charge is 2.11. The molecule has 0 aliphatic carbocycles. The van der Waals surface area contributed by atoms with Gasteiger partial charge < -0.3 is 9.30 Å². The van der Waals surface area contributed by atoms with Crippen LogP contribution in [0.2, 0.25) is 0 Å². The van der Waals surface area contributed by atoms with Gasteiger partial charge in [-0.05, 0) is 42.3 Å². The minimum absolute atomic E-state index is 0.127. The highest BCUT2D eigenvalue weighted by molar-refractivity contribution is 5.66. The van der Waals surface area contributed by atoms with Gasteiger partial charge in [-0.2, -0.15) is 5.10 Å². The molecule has 5 rings (SSSR count). The van der Waals surface area contributed by atoms with Crippen LogP contribution in [0.1, 0.15) is 31.0 Å². The third-order valence-corrected chi connectivity index (χ3v) is 5.63. The number of rotatable bonds is 9. The maximum Gasteiger partial charge on any atom is 0.276 e. The van der Waals surface area contributed by atoms with Crippen molar-refractivity contribution < 1.29 is 4.74 Å². The fourth-order valence-corrected chi connectivity index (χ4v) is 3.78. The van der Waals surface area contributed by atoms with Crippen LogP contribution in [0.15, 0.2) is 84.0 Å². The van der Waals surface area contributed by atoms with Crippen LogP contribution in [-0.2, 0) is 13.1 Å². The average molecular weight is 455 g/mol. The molecular formula is C26H26N6O2. The van der Waals surface area contributed by atoms with Crippen molar-refractivity contribution in [3.8, 4) is 17.0 Å². The molecule has 0 bridgehead atoms. The van der Waals surface area contributed by atoms with Gasteiger partial charge in [-0.1, -0.05) is 48.9 Å². The van der Waals surface area contributed by atoms with Crippen molar-refractivity contribution in [3.63, 3.8) is 0 Å². The lowest BCUT2D eigenvalue weighted by Gasteiger charge is -2.05. The van der Waals surface area contributed by atoms with Crippen LogP contribution in [0.25, 0.3) is 16.8 Å². The van der Waals surface area contributed by atoms with Crippen molar-refractivity contribution in [2.75, 3.05) is 6.61 Å². The van der Waals surface area contributed by atoms with Crippen molar-refractivity contribution in [1.29, 1.82) is 0 Å². The number of nitrogens with zero attached hydrogens (tertiary/aromatic N) is 6. The standard InChI is InChI=1S/C26H26N6O2/c1-2-3-15-34-23-11-9-21(10-12-23)24-16-25-26(33)30(13-14-32(25)28-24)18-22-19-31(29-27-22)17-20-7-5-4-6-8-20/h4-14,16,19H,2-3,15,17-18H2,1H3. The first kappa shape index (κ1) is 21.6. The third-order valence-electron chi connectivity index (χ3n) is 5.63. The Bertz CT molecular complexity index is 1430. The van der Waals surface area contributed by atoms with Crippen LogP contribution < -0.4 is 10.3 Å². The Balaban J connectivity index is 1.33. The van der Waals surface area contributed by atoms with E-state index in [0.717, 1.165) is 41.1 Å². The number of hydrogen-bond acceptors (Lipinski definition) is 5. The predicted molar refractivity (Wildman–Crippen MR) is 130 cm³/mol. The van der Waals surface area contributed by atoms with Crippen LogP contribution in [-0.4, -0.2) is 35.8 Å². The summed E-state index contributed by atoms with van der Waals surface area (Å²) in [5, 5.41) is 13.0. The summed E-state index contributed by atoms with van der Waals surface area (Å²) in [5.74, 6) is 0.837. The molecule has 0 saturated heterocycles. The number of aromatic nitrogens is 6. The molecule has 172 valence electrons. The summed E-state index contributed by atoms with van der Waals surface area (Å²) in [5.41, 5.74) is 3.92. The van der Waals surface area contributed by atoms with E-state index in [0.29, 0.717) is 25.2 Å². The van der Waals surface area contributed by atoms with Gasteiger partial charge in [0.2, 0.25) is 0 Å². The molecule has 8 heteroatoms. The molecule has 0 radical (unpaired) electrons. The molecule has 5 aromatic rings. The Morgan fingerprint density at radius 2 is 1.79 bits per heavy atom. The lowest BCUT2D eigenvalue weighted by Crippen LogP contribution is -2.21. The van der Waals surface area contributed by atoms with Gasteiger partial charge in [0.1, 0.15) is 17.0 Å². The summed E-state index contributed by atoms with van der Waals surface area (Å²) in [6.07, 6.45) is 7.52. The molecule has 0 fully saturated rings. The van der Waals surface area contributed by atoms with Gasteiger partial charge >= 0.3 is 0 Å². The Hall–Kier alpha value is -4.20. The molecule has 2 aromatic carbocycles. The molecule has 3 heterocycles. The molecule has 0 atom stereocenters. The number of fused-ring (bicyclic) bond motifs is 1. The second kappa shape index (κ2) is 9.74. The Labute approximate surface area is 197 Å². The molecule has 0 aliphatic rings. The second-order valence-electron chi connectivity index (χ2n) is 8.21. The van der Waals surface area contributed by atoms with Gasteiger partial charge in [0, 0.05) is 18.0 Å². The van der Waals surface area contributed by atoms with Gasteiger partial charge in [-0.15, -0.1) is 5.10 Å². The lowest BCUT2D eigenvalue weighted by atomic mass is 10.1. The van der Waals surface area contributed by atoms with E-state index in [4.69, 9.17) is 4.74 Å². The highest BCUT2D eigenvalue weighted by Crippen LogP contribution is 2.22. The summed E-state index contributed by atoms with van der Waals surface area (Å²) in [6, 6.07) is 19.7. The number of hydrogen-bond donors (Lipinski definition) is 0. The van der Waals surface area contributed by atoms with Gasteiger partial charge in [-0.3, -0.25) is 4.79 Å². The van der Waals surface area contributed by atoms with Crippen molar-refractivity contribution in [2.45, 2.75) is 32.9 Å². The van der Waals surface area contributed by atoms with Gasteiger partial charge in [0.05, 0.1) is 31.6 Å². The Kier molecular flexibility index (Phi) is 6.20. The zero-order valence-corrected chi connectivity index (χ0v) is 19.0. The molecule has 8 nitrogen and oxygen atoms in total. The topological polar surface area (TPSA) is 79.2 Å². The lowest BCUT2D eigenvalue weighted by molar-refractivity contribution is 0.309. The molecule has 3 aromatic heterocycles. The largest absolute Gasteiger partial charge is 0.494 e. The molecule has 0 spiro atoms. The van der Waals surface area contributed by atoms with E-state index in [-0.39, 0.29) is 5.56 Å². The molecule has 0 N–H and O–H groups in total. The normalized spacial score (nSPS) is 11.2. The van der Waals surface area contributed by atoms with Crippen LogP contribution in [0.3, 0.4) is 0 Å². The average Bonchev–Trinajstić information content (AvgIpc) is 3.50. The molecule has 34 heavy (non-hydrogen) atoms. The quantitative estimate of drug-likeness (QED) is 0.314. The van der Waals surface area contributed by atoms with E-state index >= 15 is 0 Å². The Morgan fingerprint density at radius 3 is 2.59 bits per heavy atom. The third kappa shape index (κ3) is 4.76. The van der Waals surface area contributed by atoms with Crippen molar-refractivity contribution >= 4 is 5.52 Å². The van der Waals surface area contributed by atoms with Crippen molar-refractivity contribution in [1.82, 2.24) is 29.2 Å². The van der Waals surface area contributed by atoms with E-state index in [9.17, 15) is 4.79 Å². The predicted octanol–water partition coefficient (Wildman–Crippen LogP) is 4.03. The Morgan fingerprint density at radius 1 is 0.971 bits per heavy atom. The van der Waals surface area contributed by atoms with Gasteiger partial charge in [0.15, 0.2) is 0 Å². The summed E-state index contributed by atoms with van der Waals surface area (Å²) >= 11 is 0. The van der Waals surface area contributed by atoms with Crippen LogP contribution in [0.5, 0.6) is 5.75 Å². The van der Waals surface area contributed by atoms with Crippen molar-refractivity contribution in [2.24, 2.45) is 0 Å². The monoisotopic (exact) mass is 454 g/mol. The first-order chi connectivity index (χ1) is 16.7. The number of benzene rings is 2. The summed E-state index contributed by atoms with van der Waals surface area (Å²) in [4.78, 5) is 13.1. The molecular weight excluding hydrogens is 428 g/mol. The van der Waals surface area contributed by atoms with Crippen LogP contribution >= 0.6 is 0 Å². The highest BCUT2D eigenvalue weighted by atomic mass is 16.5. The van der Waals surface area contributed by atoms with E-state index in [1.807, 2.05) is 66.9 Å². The maximum absolute atomic E-state index is 13.1. The fraction of sp³-hybridized carbons (Fsp3) is 0.231. The summed E-state index contributed by atoms with van der Waals surface area (Å²) in [7, 11) is 0. The van der Waals surface area contributed by atoms with Crippen LogP contribution in [0.4, 0.5) is 0 Å². The minimum Gasteiger partial charge on any atom is -0.494 e. The van der Waals surface area contributed by atoms with E-state index in [1.54, 1.807) is 26.2 Å². The van der Waals surface area contributed by atoms with Crippen molar-refractivity contribution in [3.05, 3.63) is 101 Å². The summed E-state index contributed by atoms with van der Waals surface area (Å²) in [6.45, 7) is 3.83. The van der Waals surface area contributed by atoms with E-state index < -0.39 is 0 Å². The van der Waals surface area contributed by atoms with Gasteiger partial charge in [0.25, 0.3) is 5.56 Å². The molecule has 0 saturated carbocycles. The fourth-order valence-electron chi connectivity index (χ4n) is 3.78. The number of unbranched alkanes of at least 4 members (excludes halogenated alkanes) is 1. The first-order valence-corrected chi connectivity index (χ1v) is 11.4.